The molecule has 3 unspecified atom stereocenters. The maximum absolute atomic E-state index is 13.9. The third kappa shape index (κ3) is 27.4. The fourth-order valence-corrected chi connectivity index (χ4v) is 28.4. The Kier molecular flexibility index (Phi) is 38.1. The Balaban J connectivity index is 0.000000111. The fourth-order valence-electron chi connectivity index (χ4n) is 22.4. The SMILES string of the molecule is CCN1CCN(CCN2c3ccccc3Pc3ccc(Br)cc32)CC1.CCN1CCN(CCN2c3ccccc3Pc3ccc(Cl)cc32)CC1.CCN1CCN(CCN2c3ccccc3Pc3ccc(F)cc32)CC1.CCN1CCN(CCN2c3ccccc3Pc3ccccc32)CC1.CN1CCN(CCN2c3ccccc3Cc3ccc(Cl)cc32)CC1.CN1CCN(CCN2c3ccccc3Cc3ccc(F)cc32)CC1. The molecule has 0 N–H and O–H groups in total. The van der Waals surface area contributed by atoms with E-state index < -0.39 is 0 Å². The molecule has 0 saturated carbocycles. The summed E-state index contributed by atoms with van der Waals surface area (Å²) in [6.07, 6.45) is 1.88. The van der Waals surface area contributed by atoms with Crippen LogP contribution in [0.1, 0.15) is 49.9 Å². The van der Waals surface area contributed by atoms with Crippen LogP contribution in [0.15, 0.2) is 265 Å². The molecule has 6 saturated heterocycles. The minimum atomic E-state index is -0.155. The van der Waals surface area contributed by atoms with Crippen molar-refractivity contribution in [2.24, 2.45) is 0 Å². The van der Waals surface area contributed by atoms with Gasteiger partial charge in [0.2, 0.25) is 0 Å². The van der Waals surface area contributed by atoms with Gasteiger partial charge < -0.3 is 58.8 Å². The molecule has 12 aliphatic rings. The van der Waals surface area contributed by atoms with Gasteiger partial charge in [-0.15, -0.1) is 0 Å². The van der Waals surface area contributed by atoms with Crippen molar-refractivity contribution in [1.29, 1.82) is 0 Å². The molecule has 147 heavy (non-hydrogen) atoms. The third-order valence-corrected chi connectivity index (χ3v) is 38.0. The molecule has 0 radical (unpaired) electrons. The molecule has 12 aromatic rings. The number of hydrogen-bond donors (Lipinski definition) is 0. The molecule has 12 aliphatic heterocycles. The van der Waals surface area contributed by atoms with E-state index in [9.17, 15) is 8.78 Å². The standard InChI is InChI=1S/C20H25BrN3P.C20H25ClN3P.C20H24ClN3.C20H25FN3P.C20H24FN3.C20H26N3P/c2*1-2-22-9-11-23(12-10-22)13-14-24-17-5-3-4-6-19(17)25-20-8-7-16(21)15-18(20)24;1-22-8-10-23(11-9-22)12-13-24-19-5-3-2-4-16(19)14-17-6-7-18(21)15-20(17)24;1-2-22-9-11-23(12-10-22)13-14-24-17-5-3-4-6-19(17)25-20-8-7-16(21)15-18(20)24;1-22-8-10-23(11-9-22)12-13-24-19-5-3-2-4-16(19)14-17-6-7-18(21)15-20(17)24;1-2-21-11-13-22(14-12-21)15-16-23-17-7-3-5-9-19(17)24-20-10-6-4-8-18(20)23/h2*3-8,15,25H,2,9-14H2,1H3;2-7,15H,8-14H2,1H3;3-8,15,25H,2,9-14H2,1H3;2-7,15H,8-14H2,1H3;3-10,24H,2,11-16H2,1H3. The van der Waals surface area contributed by atoms with Gasteiger partial charge in [0.25, 0.3) is 0 Å². The van der Waals surface area contributed by atoms with Gasteiger partial charge in [0.1, 0.15) is 11.6 Å². The summed E-state index contributed by atoms with van der Waals surface area (Å²) in [6.45, 7) is 54.2. The van der Waals surface area contributed by atoms with E-state index in [0.717, 1.165) is 206 Å². The third-order valence-electron chi connectivity index (χ3n) is 31.5. The highest BCUT2D eigenvalue weighted by Crippen LogP contribution is 2.45. The molecule has 12 heterocycles. The normalized spacial score (nSPS) is 18.7. The Hall–Kier alpha value is -8.40. The van der Waals surface area contributed by atoms with Crippen molar-refractivity contribution < 1.29 is 8.78 Å². The van der Waals surface area contributed by atoms with Crippen LogP contribution in [0.3, 0.4) is 0 Å². The first-order chi connectivity index (χ1) is 72.0. The van der Waals surface area contributed by atoms with Gasteiger partial charge in [-0.05, 0) is 172 Å². The van der Waals surface area contributed by atoms with Gasteiger partial charge in [-0.3, -0.25) is 29.4 Å². The van der Waals surface area contributed by atoms with Crippen LogP contribution < -0.4 is 71.8 Å². The van der Waals surface area contributed by atoms with Crippen molar-refractivity contribution in [3.05, 3.63) is 309 Å². The topological polar surface area (TPSA) is 58.3 Å². The lowest BCUT2D eigenvalue weighted by atomic mass is 9.95. The second-order valence-corrected chi connectivity index (χ2v) is 47.6. The van der Waals surface area contributed by atoms with Crippen molar-refractivity contribution in [1.82, 2.24) is 58.8 Å². The van der Waals surface area contributed by atoms with E-state index in [4.69, 9.17) is 23.2 Å². The lowest BCUT2D eigenvalue weighted by Gasteiger charge is -2.38. The van der Waals surface area contributed by atoms with E-state index in [1.165, 1.54) is 233 Å². The molecule has 0 bridgehead atoms. The summed E-state index contributed by atoms with van der Waals surface area (Å²) in [6, 6.07) is 91.2. The number of nitrogens with zero attached hydrogens (tertiary/aromatic N) is 18. The zero-order valence-corrected chi connectivity index (χ0v) is 94.1. The molecular weight excluding hydrogens is 2010 g/mol. The number of hydrogen-bond acceptors (Lipinski definition) is 18. The van der Waals surface area contributed by atoms with Crippen LogP contribution in [0.2, 0.25) is 10.0 Å². The first-order valence-electron chi connectivity index (χ1n) is 53.9. The number of likely N-dealkylation sites (N-methyl/N-ethyl adjacent to an activating group) is 6. The molecule has 18 nitrogen and oxygen atoms in total. The smallest absolute Gasteiger partial charge is 0.125 e. The summed E-state index contributed by atoms with van der Waals surface area (Å²) in [4.78, 5) is 44.9. The van der Waals surface area contributed by atoms with Gasteiger partial charge in [-0.1, -0.05) is 253 Å². The van der Waals surface area contributed by atoms with Gasteiger partial charge in [0, 0.05) is 357 Å². The molecule has 12 aromatic carbocycles. The summed E-state index contributed by atoms with van der Waals surface area (Å²) in [5.41, 5.74) is 20.7. The van der Waals surface area contributed by atoms with E-state index in [0.29, 0.717) is 17.2 Å². The average Bonchev–Trinajstić information content (AvgIpc) is 0.758. The summed E-state index contributed by atoms with van der Waals surface area (Å²) in [5.74, 6) is -0.304. The molecule has 27 heteroatoms. The second-order valence-electron chi connectivity index (χ2n) is 40.5. The quantitative estimate of drug-likeness (QED) is 0.0605. The summed E-state index contributed by atoms with van der Waals surface area (Å²) >= 11 is 16.3. The molecular formula is C120H149BrCl2F2N18P4. The Morgan fingerprint density at radius 1 is 0.218 bits per heavy atom. The van der Waals surface area contributed by atoms with E-state index >= 15 is 0 Å². The summed E-state index contributed by atoms with van der Waals surface area (Å²) < 4.78 is 28.9. The molecule has 6 fully saturated rings. The number of anilines is 12. The van der Waals surface area contributed by atoms with Crippen LogP contribution in [-0.2, 0) is 12.8 Å². The van der Waals surface area contributed by atoms with E-state index in [1.807, 2.05) is 24.3 Å². The first kappa shape index (κ1) is 107. The largest absolute Gasteiger partial charge is 0.340 e. The Morgan fingerprint density at radius 3 is 0.776 bits per heavy atom. The van der Waals surface area contributed by atoms with Crippen molar-refractivity contribution in [2.75, 3.05) is 305 Å². The number of benzene rings is 12. The van der Waals surface area contributed by atoms with Crippen LogP contribution in [0.4, 0.5) is 77.0 Å². The molecule has 0 amide bonds. The molecule has 0 aliphatic carbocycles. The highest BCUT2D eigenvalue weighted by molar-refractivity contribution is 9.10. The van der Waals surface area contributed by atoms with Crippen LogP contribution in [0.25, 0.3) is 0 Å². The van der Waals surface area contributed by atoms with E-state index in [1.54, 1.807) is 24.3 Å². The van der Waals surface area contributed by atoms with Crippen LogP contribution >= 0.6 is 73.5 Å². The Labute approximate surface area is 900 Å². The number of halogens is 5. The lowest BCUT2D eigenvalue weighted by Crippen LogP contribution is -2.48. The van der Waals surface area contributed by atoms with E-state index in [-0.39, 0.29) is 11.6 Å². The monoisotopic (exact) mass is 2150 g/mol. The number of para-hydroxylation sites is 7. The van der Waals surface area contributed by atoms with E-state index in [2.05, 4.69) is 358 Å². The van der Waals surface area contributed by atoms with Gasteiger partial charge >= 0.3 is 0 Å². The Morgan fingerprint density at radius 2 is 0.435 bits per heavy atom. The second kappa shape index (κ2) is 52.3. The molecule has 24 rings (SSSR count). The fraction of sp³-hybridized carbons (Fsp3) is 0.400. The highest BCUT2D eigenvalue weighted by Gasteiger charge is 2.34. The molecule has 3 atom stereocenters. The number of fused-ring (bicyclic) bond motifs is 12. The van der Waals surface area contributed by atoms with Crippen molar-refractivity contribution in [3.8, 4) is 0 Å². The van der Waals surface area contributed by atoms with Crippen LogP contribution in [0, 0.1) is 11.6 Å². The first-order valence-corrected chi connectivity index (χ1v) is 59.4. The zero-order chi connectivity index (χ0) is 101. The van der Waals surface area contributed by atoms with Gasteiger partial charge in [0.05, 0.1) is 17.1 Å². The minimum absolute atomic E-state index is 0.149. The predicted molar refractivity (Wildman–Crippen MR) is 635 cm³/mol. The summed E-state index contributed by atoms with van der Waals surface area (Å²) in [5, 5.41) is 13.0. The lowest BCUT2D eigenvalue weighted by molar-refractivity contribution is 0.140. The van der Waals surface area contributed by atoms with Crippen LogP contribution in [0.5, 0.6) is 0 Å². The highest BCUT2D eigenvalue weighted by atomic mass is 79.9. The van der Waals surface area contributed by atoms with Crippen molar-refractivity contribution in [2.45, 2.75) is 40.5 Å². The molecule has 0 spiro atoms. The predicted octanol–water partition coefficient (Wildman–Crippen LogP) is 17.9. The minimum Gasteiger partial charge on any atom is -0.340 e. The molecule has 0 aromatic heterocycles. The maximum Gasteiger partial charge on any atom is 0.125 e. The van der Waals surface area contributed by atoms with Crippen LogP contribution in [-0.4, -0.2) is 335 Å². The van der Waals surface area contributed by atoms with Crippen molar-refractivity contribution in [3.63, 3.8) is 0 Å². The zero-order valence-electron chi connectivity index (χ0n) is 87.0. The van der Waals surface area contributed by atoms with Gasteiger partial charge in [0.15, 0.2) is 0 Å². The van der Waals surface area contributed by atoms with Gasteiger partial charge in [-0.2, -0.15) is 0 Å². The van der Waals surface area contributed by atoms with Crippen molar-refractivity contribution >= 4 is 184 Å². The average molecular weight is 2160 g/mol. The Bertz CT molecular complexity index is 5850. The number of piperazine rings is 6. The maximum atomic E-state index is 13.9. The summed E-state index contributed by atoms with van der Waals surface area (Å²) in [7, 11) is 7.23. The van der Waals surface area contributed by atoms with Gasteiger partial charge in [-0.25, -0.2) is 8.78 Å². The molecule has 774 valence electrons. The number of rotatable bonds is 22.